The summed E-state index contributed by atoms with van der Waals surface area (Å²) in [6.45, 7) is 1.30. The number of aliphatic hydroxyl groups is 1. The van der Waals surface area contributed by atoms with Crippen LogP contribution in [0.2, 0.25) is 0 Å². The van der Waals surface area contributed by atoms with Crippen LogP contribution in [0.1, 0.15) is 16.9 Å². The lowest BCUT2D eigenvalue weighted by Crippen LogP contribution is -2.37. The van der Waals surface area contributed by atoms with E-state index < -0.39 is 15.1 Å². The van der Waals surface area contributed by atoms with E-state index in [-0.39, 0.29) is 24.1 Å². The number of halogens is 1. The summed E-state index contributed by atoms with van der Waals surface area (Å²) < 4.78 is 34.3. The summed E-state index contributed by atoms with van der Waals surface area (Å²) in [6.07, 6.45) is 1.89. The number of hydrogen-bond acceptors (Lipinski definition) is 4. The maximum absolute atomic E-state index is 12.8. The molecule has 0 unspecified atom stereocenters. The van der Waals surface area contributed by atoms with Crippen molar-refractivity contribution in [2.75, 3.05) is 19.7 Å². The van der Waals surface area contributed by atoms with E-state index in [4.69, 9.17) is 5.11 Å². The fraction of sp³-hybridized carbons (Fsp3) is 0.583. The second-order valence-corrected chi connectivity index (χ2v) is 6.85. The van der Waals surface area contributed by atoms with Gasteiger partial charge in [0.15, 0.2) is 0 Å². The number of aliphatic hydroxyl groups excluding tert-OH is 1. The molecule has 1 saturated carbocycles. The minimum Gasteiger partial charge on any atom is -0.396 e. The predicted octanol–water partition coefficient (Wildman–Crippen LogP) is 0.373. The number of nitrogens with zero attached hydrogens (tertiary/aromatic N) is 1. The smallest absolute Gasteiger partial charge is 0.333 e. The first kappa shape index (κ1) is 13.6. The van der Waals surface area contributed by atoms with E-state index in [2.05, 4.69) is 4.98 Å². The Hall–Kier alpha value is -1.41. The Morgan fingerprint density at radius 3 is 2.85 bits per heavy atom. The highest BCUT2D eigenvalue weighted by Gasteiger charge is 2.47. The van der Waals surface area contributed by atoms with Crippen LogP contribution in [0, 0.1) is 17.8 Å². The van der Waals surface area contributed by atoms with Crippen molar-refractivity contribution in [1.29, 1.82) is 0 Å². The van der Waals surface area contributed by atoms with Crippen molar-refractivity contribution < 1.29 is 22.2 Å². The van der Waals surface area contributed by atoms with Gasteiger partial charge in [-0.3, -0.25) is 4.79 Å². The summed E-state index contributed by atoms with van der Waals surface area (Å²) in [5.74, 6) is 0.660. The standard InChI is InChI=1S/C12H15FN2O4S/c13-20(18,19)9-2-11(14-3-9)12(17)15-4-7-1-8(6-16)10(7)5-15/h2-3,7-8,10,14,16H,1,4-6H2/t7-,8-,10+/m0/s1. The summed E-state index contributed by atoms with van der Waals surface area (Å²) in [7, 11) is -4.80. The van der Waals surface area contributed by atoms with Gasteiger partial charge in [0.1, 0.15) is 10.6 Å². The molecule has 2 fully saturated rings. The number of aromatic nitrogens is 1. The van der Waals surface area contributed by atoms with Gasteiger partial charge in [-0.1, -0.05) is 0 Å². The zero-order valence-corrected chi connectivity index (χ0v) is 11.4. The minimum absolute atomic E-state index is 0.0723. The fourth-order valence-electron chi connectivity index (χ4n) is 3.23. The molecule has 1 saturated heterocycles. The largest absolute Gasteiger partial charge is 0.396 e. The van der Waals surface area contributed by atoms with Crippen LogP contribution in [0.4, 0.5) is 3.89 Å². The Bertz CT molecular complexity index is 642. The number of likely N-dealkylation sites (tertiary alicyclic amines) is 1. The highest BCUT2D eigenvalue weighted by molar-refractivity contribution is 7.86. The number of hydrogen-bond donors (Lipinski definition) is 2. The van der Waals surface area contributed by atoms with Crippen molar-refractivity contribution in [3.05, 3.63) is 18.0 Å². The molecule has 1 amide bonds. The van der Waals surface area contributed by atoms with E-state index >= 15 is 0 Å². The lowest BCUT2D eigenvalue weighted by Gasteiger charge is -2.37. The average molecular weight is 302 g/mol. The van der Waals surface area contributed by atoms with Gasteiger partial charge in [-0.15, -0.1) is 3.89 Å². The molecule has 2 heterocycles. The molecule has 2 aliphatic rings. The third kappa shape index (κ3) is 2.12. The molecule has 3 rings (SSSR count). The highest BCUT2D eigenvalue weighted by Crippen LogP contribution is 2.45. The first-order chi connectivity index (χ1) is 9.40. The Kier molecular flexibility index (Phi) is 3.09. The number of carbonyl (C=O) groups excluding carboxylic acids is 1. The van der Waals surface area contributed by atoms with Crippen LogP contribution >= 0.6 is 0 Å². The van der Waals surface area contributed by atoms with Gasteiger partial charge >= 0.3 is 10.2 Å². The highest BCUT2D eigenvalue weighted by atomic mass is 32.3. The number of rotatable bonds is 3. The molecule has 110 valence electrons. The van der Waals surface area contributed by atoms with Crippen molar-refractivity contribution in [3.63, 3.8) is 0 Å². The Morgan fingerprint density at radius 1 is 1.50 bits per heavy atom. The van der Waals surface area contributed by atoms with Gasteiger partial charge in [0.05, 0.1) is 0 Å². The lowest BCUT2D eigenvalue weighted by atomic mass is 9.67. The molecule has 1 aliphatic carbocycles. The Morgan fingerprint density at radius 2 is 2.25 bits per heavy atom. The number of amides is 1. The van der Waals surface area contributed by atoms with Crippen LogP contribution in [0.15, 0.2) is 17.2 Å². The monoisotopic (exact) mass is 302 g/mol. The summed E-state index contributed by atoms with van der Waals surface area (Å²) in [5, 5.41) is 9.15. The predicted molar refractivity (Wildman–Crippen MR) is 67.2 cm³/mol. The van der Waals surface area contributed by atoms with Gasteiger partial charge in [-0.25, -0.2) is 0 Å². The Labute approximate surface area is 115 Å². The third-order valence-corrected chi connectivity index (χ3v) is 5.19. The van der Waals surface area contributed by atoms with E-state index in [1.165, 1.54) is 0 Å². The number of nitrogens with one attached hydrogen (secondary N) is 1. The van der Waals surface area contributed by atoms with Crippen molar-refractivity contribution in [2.45, 2.75) is 11.3 Å². The molecule has 6 nitrogen and oxygen atoms in total. The zero-order valence-electron chi connectivity index (χ0n) is 10.6. The maximum Gasteiger partial charge on any atom is 0.333 e. The van der Waals surface area contributed by atoms with Crippen molar-refractivity contribution in [2.24, 2.45) is 17.8 Å². The maximum atomic E-state index is 12.8. The molecule has 0 radical (unpaired) electrons. The van der Waals surface area contributed by atoms with E-state index in [1.807, 2.05) is 0 Å². The van der Waals surface area contributed by atoms with Gasteiger partial charge in [0.2, 0.25) is 0 Å². The average Bonchev–Trinajstić information content (AvgIpc) is 2.95. The molecule has 2 N–H and O–H groups in total. The second-order valence-electron chi connectivity index (χ2n) is 5.50. The van der Waals surface area contributed by atoms with Gasteiger partial charge in [0, 0.05) is 25.9 Å². The summed E-state index contributed by atoms with van der Waals surface area (Å²) in [5.41, 5.74) is 0.0723. The number of H-pyrrole nitrogens is 1. The van der Waals surface area contributed by atoms with Crippen LogP contribution in [0.5, 0.6) is 0 Å². The van der Waals surface area contributed by atoms with Crippen molar-refractivity contribution in [3.8, 4) is 0 Å². The normalized spacial score (nSPS) is 29.1. The van der Waals surface area contributed by atoms with Gasteiger partial charge in [-0.2, -0.15) is 8.42 Å². The van der Waals surface area contributed by atoms with Crippen LogP contribution in [0.25, 0.3) is 0 Å². The molecular weight excluding hydrogens is 287 g/mol. The van der Waals surface area contributed by atoms with Crippen LogP contribution in [0.3, 0.4) is 0 Å². The van der Waals surface area contributed by atoms with E-state index in [9.17, 15) is 17.1 Å². The summed E-state index contributed by atoms with van der Waals surface area (Å²) in [4.78, 5) is 15.8. The number of carbonyl (C=O) groups is 1. The molecular formula is C12H15FN2O4S. The molecule has 8 heteroatoms. The summed E-state index contributed by atoms with van der Waals surface area (Å²) in [6, 6.07) is 1.02. The SMILES string of the molecule is O=C(c1cc(S(=O)(=O)F)c[nH]1)N1C[C@@H]2C[C@@H](CO)[C@@H]2C1. The molecule has 0 spiro atoms. The van der Waals surface area contributed by atoms with Crippen LogP contribution < -0.4 is 0 Å². The quantitative estimate of drug-likeness (QED) is 0.790. The van der Waals surface area contributed by atoms with Crippen LogP contribution in [-0.2, 0) is 10.2 Å². The molecule has 20 heavy (non-hydrogen) atoms. The molecule has 3 atom stereocenters. The van der Waals surface area contributed by atoms with E-state index in [1.54, 1.807) is 4.90 Å². The molecule has 1 aliphatic heterocycles. The molecule has 1 aromatic rings. The topological polar surface area (TPSA) is 90.5 Å². The van der Waals surface area contributed by atoms with Gasteiger partial charge < -0.3 is 15.0 Å². The molecule has 0 bridgehead atoms. The van der Waals surface area contributed by atoms with E-state index in [0.29, 0.717) is 24.9 Å². The Balaban J connectivity index is 1.73. The van der Waals surface area contributed by atoms with Crippen LogP contribution in [-0.4, -0.2) is 49.0 Å². The fourth-order valence-corrected chi connectivity index (χ4v) is 3.69. The van der Waals surface area contributed by atoms with Crippen molar-refractivity contribution in [1.82, 2.24) is 9.88 Å². The molecule has 1 aromatic heterocycles. The van der Waals surface area contributed by atoms with Gasteiger partial charge in [-0.05, 0) is 30.2 Å². The number of aromatic amines is 1. The lowest BCUT2D eigenvalue weighted by molar-refractivity contribution is 0.0573. The molecule has 0 aromatic carbocycles. The minimum atomic E-state index is -4.80. The first-order valence-electron chi connectivity index (χ1n) is 6.43. The van der Waals surface area contributed by atoms with Crippen molar-refractivity contribution >= 4 is 16.1 Å². The zero-order chi connectivity index (χ0) is 14.5. The summed E-state index contributed by atoms with van der Waals surface area (Å²) >= 11 is 0. The second kappa shape index (κ2) is 4.56. The third-order valence-electron chi connectivity index (χ3n) is 4.39. The first-order valence-corrected chi connectivity index (χ1v) is 7.81. The van der Waals surface area contributed by atoms with Gasteiger partial charge in [0.25, 0.3) is 5.91 Å². The number of fused-ring (bicyclic) bond motifs is 1. The van der Waals surface area contributed by atoms with E-state index in [0.717, 1.165) is 18.7 Å².